The topological polar surface area (TPSA) is 20.3 Å². The number of amides is 1. The highest BCUT2D eigenvalue weighted by Gasteiger charge is 2.34. The van der Waals surface area contributed by atoms with Gasteiger partial charge in [-0.1, -0.05) is 22.9 Å². The summed E-state index contributed by atoms with van der Waals surface area (Å²) >= 11 is 8.43. The Labute approximate surface area is 116 Å². The van der Waals surface area contributed by atoms with Gasteiger partial charge in [0.1, 0.15) is 4.88 Å². The summed E-state index contributed by atoms with van der Waals surface area (Å²) in [4.78, 5) is 15.1. The van der Waals surface area contributed by atoms with Crippen LogP contribution in [0, 0.1) is 5.92 Å². The smallest absolute Gasteiger partial charge is 0.265 e. The molecule has 1 amide bonds. The maximum absolute atomic E-state index is 12.3. The van der Waals surface area contributed by atoms with E-state index in [2.05, 4.69) is 38.8 Å². The lowest BCUT2D eigenvalue weighted by atomic mass is 10.1. The molecule has 1 fully saturated rings. The number of hydrogen-bond acceptors (Lipinski definition) is 2. The summed E-state index contributed by atoms with van der Waals surface area (Å²) in [6, 6.07) is 2.27. The van der Waals surface area contributed by atoms with Crippen molar-refractivity contribution in [2.75, 3.05) is 11.9 Å². The summed E-state index contributed by atoms with van der Waals surface area (Å²) in [5.41, 5.74) is 0. The van der Waals surface area contributed by atoms with Crippen LogP contribution in [0.1, 0.15) is 23.0 Å². The lowest BCUT2D eigenvalue weighted by Crippen LogP contribution is -2.38. The van der Waals surface area contributed by atoms with Crippen molar-refractivity contribution in [3.8, 4) is 0 Å². The highest BCUT2D eigenvalue weighted by molar-refractivity contribution is 9.10. The third kappa shape index (κ3) is 2.22. The summed E-state index contributed by atoms with van der Waals surface area (Å²) in [7, 11) is 0. The molecule has 0 spiro atoms. The van der Waals surface area contributed by atoms with E-state index < -0.39 is 0 Å². The van der Waals surface area contributed by atoms with Crippen LogP contribution in [0.4, 0.5) is 0 Å². The molecule has 0 bridgehead atoms. The minimum absolute atomic E-state index is 0.163. The van der Waals surface area contributed by atoms with Gasteiger partial charge in [-0.2, -0.15) is 0 Å². The number of hydrogen-bond donors (Lipinski definition) is 0. The highest BCUT2D eigenvalue weighted by atomic mass is 79.9. The molecule has 0 N–H and O–H groups in total. The number of alkyl halides is 1. The van der Waals surface area contributed by atoms with Crippen molar-refractivity contribution >= 4 is 49.1 Å². The molecule has 0 saturated carbocycles. The van der Waals surface area contributed by atoms with Crippen molar-refractivity contribution in [1.29, 1.82) is 0 Å². The van der Waals surface area contributed by atoms with Gasteiger partial charge in [0, 0.05) is 22.4 Å². The first-order valence-electron chi connectivity index (χ1n) is 5.25. The number of carbonyl (C=O) groups excluding carboxylic acids is 1. The minimum Gasteiger partial charge on any atom is -0.334 e. The summed E-state index contributed by atoms with van der Waals surface area (Å²) in [5.74, 6) is 0.748. The minimum atomic E-state index is 0.163. The lowest BCUT2D eigenvalue weighted by molar-refractivity contribution is 0.0743. The summed E-state index contributed by atoms with van der Waals surface area (Å²) in [6.45, 7) is 3.09. The fraction of sp³-hybridized carbons (Fsp3) is 0.545. The second kappa shape index (κ2) is 5.19. The van der Waals surface area contributed by atoms with E-state index in [4.69, 9.17) is 0 Å². The second-order valence-corrected chi connectivity index (χ2v) is 6.50. The van der Waals surface area contributed by atoms with E-state index in [1.165, 1.54) is 11.3 Å². The first kappa shape index (κ1) is 12.6. The van der Waals surface area contributed by atoms with Gasteiger partial charge in [0.05, 0.1) is 0 Å². The van der Waals surface area contributed by atoms with Crippen LogP contribution in [0.3, 0.4) is 0 Å². The van der Waals surface area contributed by atoms with Crippen LogP contribution in [0.15, 0.2) is 15.9 Å². The van der Waals surface area contributed by atoms with Gasteiger partial charge in [-0.05, 0) is 39.7 Å². The second-order valence-electron chi connectivity index (χ2n) is 4.08. The molecule has 2 atom stereocenters. The Morgan fingerprint density at radius 1 is 1.69 bits per heavy atom. The maximum Gasteiger partial charge on any atom is 0.265 e. The zero-order valence-corrected chi connectivity index (χ0v) is 12.9. The summed E-state index contributed by atoms with van der Waals surface area (Å²) in [6.07, 6.45) is 1.10. The Bertz CT molecular complexity index is 393. The third-order valence-electron chi connectivity index (χ3n) is 3.11. The maximum atomic E-state index is 12.3. The van der Waals surface area contributed by atoms with Crippen LogP contribution >= 0.6 is 43.2 Å². The fourth-order valence-electron chi connectivity index (χ4n) is 2.07. The van der Waals surface area contributed by atoms with Crippen molar-refractivity contribution in [2.24, 2.45) is 5.92 Å². The van der Waals surface area contributed by atoms with Gasteiger partial charge in [-0.3, -0.25) is 4.79 Å². The van der Waals surface area contributed by atoms with E-state index in [1.807, 2.05) is 16.3 Å². The molecule has 1 aromatic heterocycles. The molecule has 0 aliphatic carbocycles. The Morgan fingerprint density at radius 2 is 2.44 bits per heavy atom. The molecule has 2 nitrogen and oxygen atoms in total. The van der Waals surface area contributed by atoms with Gasteiger partial charge in [0.25, 0.3) is 5.91 Å². The van der Waals surface area contributed by atoms with Crippen LogP contribution in [-0.4, -0.2) is 28.7 Å². The molecule has 1 aliphatic rings. The number of nitrogens with zero attached hydrogens (tertiary/aromatic N) is 1. The monoisotopic (exact) mass is 365 g/mol. The summed E-state index contributed by atoms with van der Waals surface area (Å²) < 4.78 is 0.912. The van der Waals surface area contributed by atoms with Gasteiger partial charge >= 0.3 is 0 Å². The fourth-order valence-corrected chi connectivity index (χ4v) is 4.56. The molecule has 5 heteroatoms. The van der Waals surface area contributed by atoms with Crippen LogP contribution in [0.25, 0.3) is 0 Å². The molecule has 0 radical (unpaired) electrons. The number of rotatable bonds is 2. The molecule has 2 heterocycles. The number of halogens is 2. The molecule has 1 aliphatic heterocycles. The van der Waals surface area contributed by atoms with Crippen molar-refractivity contribution in [3.05, 3.63) is 20.8 Å². The zero-order chi connectivity index (χ0) is 11.7. The van der Waals surface area contributed by atoms with E-state index in [-0.39, 0.29) is 5.91 Å². The van der Waals surface area contributed by atoms with Crippen LogP contribution in [-0.2, 0) is 0 Å². The molecule has 1 aromatic rings. The lowest BCUT2D eigenvalue weighted by Gasteiger charge is -2.24. The SMILES string of the molecule is CC1CCN(C(=O)c2sccc2Br)C1CBr. The molecule has 2 rings (SSSR count). The van der Waals surface area contributed by atoms with Gasteiger partial charge in [-0.25, -0.2) is 0 Å². The number of carbonyl (C=O) groups is 1. The average Bonchev–Trinajstić information content (AvgIpc) is 2.83. The molecule has 2 unspecified atom stereocenters. The van der Waals surface area contributed by atoms with Gasteiger partial charge in [-0.15, -0.1) is 11.3 Å². The predicted octanol–water partition coefficient (Wildman–Crippen LogP) is 3.76. The normalized spacial score (nSPS) is 25.1. The van der Waals surface area contributed by atoms with E-state index in [0.29, 0.717) is 12.0 Å². The Hall–Kier alpha value is 0.130. The molecule has 16 heavy (non-hydrogen) atoms. The van der Waals surface area contributed by atoms with Crippen LogP contribution in [0.5, 0.6) is 0 Å². The van der Waals surface area contributed by atoms with Gasteiger partial charge in [0.2, 0.25) is 0 Å². The Balaban J connectivity index is 2.20. The van der Waals surface area contributed by atoms with E-state index in [9.17, 15) is 4.79 Å². The van der Waals surface area contributed by atoms with Gasteiger partial charge < -0.3 is 4.90 Å². The molecular weight excluding hydrogens is 354 g/mol. The molecule has 0 aromatic carbocycles. The quantitative estimate of drug-likeness (QED) is 0.730. The zero-order valence-electron chi connectivity index (χ0n) is 8.95. The molecular formula is C11H13Br2NOS. The van der Waals surface area contributed by atoms with Crippen molar-refractivity contribution in [2.45, 2.75) is 19.4 Å². The summed E-state index contributed by atoms with van der Waals surface area (Å²) in [5, 5.41) is 2.81. The molecule has 88 valence electrons. The molecule has 1 saturated heterocycles. The third-order valence-corrected chi connectivity index (χ3v) is 5.60. The largest absolute Gasteiger partial charge is 0.334 e. The van der Waals surface area contributed by atoms with Crippen molar-refractivity contribution in [3.63, 3.8) is 0 Å². The van der Waals surface area contributed by atoms with E-state index in [1.54, 1.807) is 0 Å². The van der Waals surface area contributed by atoms with Crippen molar-refractivity contribution in [1.82, 2.24) is 4.90 Å². The van der Waals surface area contributed by atoms with Crippen LogP contribution < -0.4 is 0 Å². The standard InChI is InChI=1S/C11H13Br2NOS/c1-7-2-4-14(9(7)6-12)11(15)10-8(13)3-5-16-10/h3,5,7,9H,2,4,6H2,1H3. The Morgan fingerprint density at radius 3 is 3.00 bits per heavy atom. The predicted molar refractivity (Wildman–Crippen MR) is 74.4 cm³/mol. The Kier molecular flexibility index (Phi) is 4.08. The number of thiophene rings is 1. The average molecular weight is 367 g/mol. The first-order chi connectivity index (χ1) is 7.65. The number of likely N-dealkylation sites (tertiary alicyclic amines) is 1. The van der Waals surface area contributed by atoms with Crippen molar-refractivity contribution < 1.29 is 4.79 Å². The van der Waals surface area contributed by atoms with Crippen LogP contribution in [0.2, 0.25) is 0 Å². The first-order valence-corrected chi connectivity index (χ1v) is 8.04. The van der Waals surface area contributed by atoms with E-state index in [0.717, 1.165) is 27.6 Å². The van der Waals surface area contributed by atoms with E-state index >= 15 is 0 Å². The van der Waals surface area contributed by atoms with Gasteiger partial charge in [0.15, 0.2) is 0 Å². The highest BCUT2D eigenvalue weighted by Crippen LogP contribution is 2.30.